The molecular weight excluding hydrogens is 304 g/mol. The van der Waals surface area contributed by atoms with Gasteiger partial charge in [-0.2, -0.15) is 0 Å². The first-order chi connectivity index (χ1) is 11.6. The Morgan fingerprint density at radius 2 is 1.88 bits per heavy atom. The zero-order chi connectivity index (χ0) is 17.4. The Kier molecular flexibility index (Phi) is 8.29. The highest BCUT2D eigenvalue weighted by Crippen LogP contribution is 2.18. The van der Waals surface area contributed by atoms with Crippen molar-refractivity contribution in [1.29, 1.82) is 0 Å². The van der Waals surface area contributed by atoms with Gasteiger partial charge >= 0.3 is 0 Å². The Morgan fingerprint density at radius 1 is 1.21 bits per heavy atom. The van der Waals surface area contributed by atoms with Crippen molar-refractivity contribution in [2.24, 2.45) is 10.9 Å². The number of ether oxygens (including phenoxy) is 1. The molecule has 1 unspecified atom stereocenters. The van der Waals surface area contributed by atoms with Crippen LogP contribution in [0.25, 0.3) is 0 Å². The maximum Gasteiger partial charge on any atom is 0.191 e. The number of aliphatic hydroxyl groups is 1. The smallest absolute Gasteiger partial charge is 0.191 e. The normalized spacial score (nSPS) is 28.0. The first-order valence-corrected chi connectivity index (χ1v) is 9.64. The van der Waals surface area contributed by atoms with E-state index in [4.69, 9.17) is 9.73 Å². The number of guanidine groups is 1. The molecule has 24 heavy (non-hydrogen) atoms. The minimum Gasteiger partial charge on any atom is -0.393 e. The number of nitrogens with one attached hydrogen (secondary N) is 2. The van der Waals surface area contributed by atoms with Crippen LogP contribution in [0.15, 0.2) is 4.99 Å². The Labute approximate surface area is 147 Å². The third-order valence-electron chi connectivity index (χ3n) is 5.10. The maximum atomic E-state index is 9.66. The molecule has 1 saturated heterocycles. The second kappa shape index (κ2) is 10.2. The molecule has 6 heteroatoms. The standard InChI is InChI=1S/C18H36N4O2/c1-4-19-18(21-15-5-7-16(23)8-6-15)20-13-17(14(2)3)22-9-11-24-12-10-22/h14-17,23H,4-13H2,1-3H3,(H2,19,20,21). The van der Waals surface area contributed by atoms with Crippen molar-refractivity contribution in [3.63, 3.8) is 0 Å². The molecule has 2 rings (SSSR count). The Hall–Kier alpha value is -0.850. The van der Waals surface area contributed by atoms with E-state index in [1.165, 1.54) is 0 Å². The molecule has 1 heterocycles. The van der Waals surface area contributed by atoms with Gasteiger partial charge in [0.25, 0.3) is 0 Å². The van der Waals surface area contributed by atoms with Gasteiger partial charge in [0, 0.05) is 31.7 Å². The fraction of sp³-hybridized carbons (Fsp3) is 0.944. The highest BCUT2D eigenvalue weighted by molar-refractivity contribution is 5.80. The van der Waals surface area contributed by atoms with Crippen LogP contribution in [-0.2, 0) is 4.74 Å². The van der Waals surface area contributed by atoms with Gasteiger partial charge in [-0.1, -0.05) is 13.8 Å². The quantitative estimate of drug-likeness (QED) is 0.501. The average Bonchev–Trinajstić information content (AvgIpc) is 2.58. The second-order valence-corrected chi connectivity index (χ2v) is 7.33. The van der Waals surface area contributed by atoms with Gasteiger partial charge in [-0.05, 0) is 38.5 Å². The zero-order valence-electron chi connectivity index (χ0n) is 15.6. The predicted molar refractivity (Wildman–Crippen MR) is 98.4 cm³/mol. The summed E-state index contributed by atoms with van der Waals surface area (Å²) >= 11 is 0. The van der Waals surface area contributed by atoms with E-state index in [0.717, 1.165) is 71.0 Å². The van der Waals surface area contributed by atoms with Crippen LogP contribution in [0.2, 0.25) is 0 Å². The van der Waals surface area contributed by atoms with Crippen LogP contribution in [0.3, 0.4) is 0 Å². The molecule has 0 aromatic rings. The topological polar surface area (TPSA) is 69.1 Å². The summed E-state index contributed by atoms with van der Waals surface area (Å²) in [4.78, 5) is 7.38. The van der Waals surface area contributed by atoms with Crippen molar-refractivity contribution in [2.45, 2.75) is 64.6 Å². The Balaban J connectivity index is 1.91. The molecule has 0 amide bonds. The van der Waals surface area contributed by atoms with Gasteiger partial charge in [-0.15, -0.1) is 0 Å². The van der Waals surface area contributed by atoms with Gasteiger partial charge in [0.05, 0.1) is 25.9 Å². The van der Waals surface area contributed by atoms with Crippen molar-refractivity contribution in [3.8, 4) is 0 Å². The number of aliphatic hydroxyl groups excluding tert-OH is 1. The first kappa shape index (κ1) is 19.5. The van der Waals surface area contributed by atoms with Crippen LogP contribution >= 0.6 is 0 Å². The van der Waals surface area contributed by atoms with Crippen LogP contribution in [-0.4, -0.2) is 73.5 Å². The number of morpholine rings is 1. The highest BCUT2D eigenvalue weighted by atomic mass is 16.5. The van der Waals surface area contributed by atoms with Crippen molar-refractivity contribution in [1.82, 2.24) is 15.5 Å². The first-order valence-electron chi connectivity index (χ1n) is 9.64. The van der Waals surface area contributed by atoms with Crippen molar-refractivity contribution >= 4 is 5.96 Å². The monoisotopic (exact) mass is 340 g/mol. The summed E-state index contributed by atoms with van der Waals surface area (Å²) < 4.78 is 5.48. The lowest BCUT2D eigenvalue weighted by Gasteiger charge is -2.36. The Morgan fingerprint density at radius 3 is 2.46 bits per heavy atom. The van der Waals surface area contributed by atoms with Crippen LogP contribution in [0.1, 0.15) is 46.5 Å². The molecule has 2 aliphatic rings. The van der Waals surface area contributed by atoms with Crippen LogP contribution in [0.5, 0.6) is 0 Å². The Bertz CT molecular complexity index is 375. The molecule has 140 valence electrons. The molecule has 0 bridgehead atoms. The molecule has 0 spiro atoms. The lowest BCUT2D eigenvalue weighted by Crippen LogP contribution is -2.49. The highest BCUT2D eigenvalue weighted by Gasteiger charge is 2.24. The summed E-state index contributed by atoms with van der Waals surface area (Å²) in [5, 5.41) is 16.6. The number of hydrogen-bond acceptors (Lipinski definition) is 4. The average molecular weight is 341 g/mol. The third kappa shape index (κ3) is 6.22. The maximum absolute atomic E-state index is 9.66. The summed E-state index contributed by atoms with van der Waals surface area (Å²) in [7, 11) is 0. The molecule has 1 aliphatic carbocycles. The summed E-state index contributed by atoms with van der Waals surface area (Å²) in [6, 6.07) is 0.879. The molecule has 3 N–H and O–H groups in total. The lowest BCUT2D eigenvalue weighted by atomic mass is 9.93. The van der Waals surface area contributed by atoms with E-state index < -0.39 is 0 Å². The van der Waals surface area contributed by atoms with E-state index in [0.29, 0.717) is 18.0 Å². The zero-order valence-corrected chi connectivity index (χ0v) is 15.6. The molecule has 2 fully saturated rings. The van der Waals surface area contributed by atoms with E-state index >= 15 is 0 Å². The summed E-state index contributed by atoms with van der Waals surface area (Å²) in [6.07, 6.45) is 3.69. The lowest BCUT2D eigenvalue weighted by molar-refractivity contribution is 0.00866. The molecule has 6 nitrogen and oxygen atoms in total. The second-order valence-electron chi connectivity index (χ2n) is 7.33. The van der Waals surface area contributed by atoms with Gasteiger partial charge in [-0.3, -0.25) is 9.89 Å². The van der Waals surface area contributed by atoms with E-state index in [2.05, 4.69) is 36.3 Å². The third-order valence-corrected chi connectivity index (χ3v) is 5.10. The van der Waals surface area contributed by atoms with E-state index in [1.54, 1.807) is 0 Å². The van der Waals surface area contributed by atoms with Crippen molar-refractivity contribution in [2.75, 3.05) is 39.4 Å². The molecule has 1 aliphatic heterocycles. The molecule has 1 saturated carbocycles. The number of rotatable bonds is 6. The molecule has 0 aromatic carbocycles. The van der Waals surface area contributed by atoms with Crippen LogP contribution in [0.4, 0.5) is 0 Å². The van der Waals surface area contributed by atoms with Crippen LogP contribution < -0.4 is 10.6 Å². The van der Waals surface area contributed by atoms with Crippen molar-refractivity contribution < 1.29 is 9.84 Å². The minimum atomic E-state index is -0.116. The van der Waals surface area contributed by atoms with E-state index in [9.17, 15) is 5.11 Å². The van der Waals surface area contributed by atoms with Crippen LogP contribution in [0, 0.1) is 5.92 Å². The van der Waals surface area contributed by atoms with E-state index in [-0.39, 0.29) is 6.10 Å². The largest absolute Gasteiger partial charge is 0.393 e. The van der Waals surface area contributed by atoms with Gasteiger partial charge in [0.2, 0.25) is 0 Å². The van der Waals surface area contributed by atoms with Gasteiger partial charge in [-0.25, -0.2) is 0 Å². The summed E-state index contributed by atoms with van der Waals surface area (Å²) in [5.41, 5.74) is 0. The molecule has 0 radical (unpaired) electrons. The van der Waals surface area contributed by atoms with Gasteiger partial charge in [0.1, 0.15) is 0 Å². The van der Waals surface area contributed by atoms with E-state index in [1.807, 2.05) is 0 Å². The molecule has 1 atom stereocenters. The van der Waals surface area contributed by atoms with Gasteiger partial charge < -0.3 is 20.5 Å². The molecule has 0 aromatic heterocycles. The predicted octanol–water partition coefficient (Wildman–Crippen LogP) is 1.20. The fourth-order valence-electron chi connectivity index (χ4n) is 3.58. The summed E-state index contributed by atoms with van der Waals surface area (Å²) in [5.74, 6) is 1.48. The van der Waals surface area contributed by atoms with Gasteiger partial charge in [0.15, 0.2) is 5.96 Å². The number of hydrogen-bond donors (Lipinski definition) is 3. The molecular formula is C18H36N4O2. The van der Waals surface area contributed by atoms with Crippen molar-refractivity contribution in [3.05, 3.63) is 0 Å². The summed E-state index contributed by atoms with van der Waals surface area (Å²) in [6.45, 7) is 12.0. The fourth-order valence-corrected chi connectivity index (χ4v) is 3.58. The SMILES string of the molecule is CCNC(=NCC(C(C)C)N1CCOCC1)NC1CCC(O)CC1. The number of aliphatic imine (C=N–C) groups is 1. The number of nitrogens with zero attached hydrogens (tertiary/aromatic N) is 2. The minimum absolute atomic E-state index is 0.116.